The summed E-state index contributed by atoms with van der Waals surface area (Å²) >= 11 is 0. The van der Waals surface area contributed by atoms with Crippen LogP contribution in [0.4, 0.5) is 5.82 Å². The molecule has 5 nitrogen and oxygen atoms in total. The number of aromatic amines is 1. The lowest BCUT2D eigenvalue weighted by Gasteiger charge is -2.14. The van der Waals surface area contributed by atoms with Crippen molar-refractivity contribution in [2.75, 3.05) is 18.5 Å². The molecule has 0 unspecified atom stereocenters. The average Bonchev–Trinajstić information content (AvgIpc) is 2.72. The second-order valence-corrected chi connectivity index (χ2v) is 5.27. The zero-order valence-corrected chi connectivity index (χ0v) is 11.7. The summed E-state index contributed by atoms with van der Waals surface area (Å²) in [7, 11) is 0. The predicted octanol–water partition coefficient (Wildman–Crippen LogP) is 2.46. The van der Waals surface area contributed by atoms with Crippen molar-refractivity contribution in [1.29, 1.82) is 0 Å². The summed E-state index contributed by atoms with van der Waals surface area (Å²) in [5.41, 5.74) is 1.01. The lowest BCUT2D eigenvalue weighted by molar-refractivity contribution is -0.116. The van der Waals surface area contributed by atoms with Gasteiger partial charge in [-0.15, -0.1) is 0 Å². The van der Waals surface area contributed by atoms with Crippen LogP contribution >= 0.6 is 0 Å². The first-order valence-corrected chi connectivity index (χ1v) is 6.37. The van der Waals surface area contributed by atoms with Gasteiger partial charge < -0.3 is 10.1 Å². The van der Waals surface area contributed by atoms with Crippen molar-refractivity contribution in [3.05, 3.63) is 11.8 Å². The van der Waals surface area contributed by atoms with Crippen molar-refractivity contribution in [2.45, 2.75) is 46.0 Å². The standard InChI is InChI=1S/C13H23N3O2/c1-5-18-8-6-7-12(17)14-11-9-10(15-16-11)13(2,3)4/h9H,5-8H2,1-4H3,(H2,14,15,16,17). The SMILES string of the molecule is CCOCCCC(=O)Nc1cc(C(C)(C)C)[nH]n1. The van der Waals surface area contributed by atoms with Gasteiger partial charge in [-0.05, 0) is 13.3 Å². The van der Waals surface area contributed by atoms with Gasteiger partial charge in [-0.1, -0.05) is 20.8 Å². The summed E-state index contributed by atoms with van der Waals surface area (Å²) in [6, 6.07) is 1.88. The highest BCUT2D eigenvalue weighted by atomic mass is 16.5. The zero-order valence-electron chi connectivity index (χ0n) is 11.7. The molecule has 0 fully saturated rings. The van der Waals surface area contributed by atoms with E-state index in [1.54, 1.807) is 0 Å². The van der Waals surface area contributed by atoms with Crippen LogP contribution in [0.25, 0.3) is 0 Å². The van der Waals surface area contributed by atoms with Gasteiger partial charge in [0.05, 0.1) is 0 Å². The summed E-state index contributed by atoms with van der Waals surface area (Å²) in [4.78, 5) is 11.6. The number of aromatic nitrogens is 2. The van der Waals surface area contributed by atoms with Gasteiger partial charge in [0.25, 0.3) is 0 Å². The Bertz CT molecular complexity index is 380. The molecule has 0 spiro atoms. The van der Waals surface area contributed by atoms with Crippen molar-refractivity contribution < 1.29 is 9.53 Å². The molecular weight excluding hydrogens is 230 g/mol. The van der Waals surface area contributed by atoms with E-state index >= 15 is 0 Å². The molecular formula is C13H23N3O2. The van der Waals surface area contributed by atoms with Crippen LogP contribution in [0.2, 0.25) is 0 Å². The van der Waals surface area contributed by atoms with Crippen LogP contribution in [-0.4, -0.2) is 29.3 Å². The van der Waals surface area contributed by atoms with Crippen LogP contribution in [-0.2, 0) is 14.9 Å². The number of hydrogen-bond acceptors (Lipinski definition) is 3. The topological polar surface area (TPSA) is 67.0 Å². The summed E-state index contributed by atoms with van der Waals surface area (Å²) in [5, 5.41) is 9.79. The predicted molar refractivity (Wildman–Crippen MR) is 71.6 cm³/mol. The molecule has 1 aromatic rings. The second-order valence-electron chi connectivity index (χ2n) is 5.27. The van der Waals surface area contributed by atoms with Crippen LogP contribution in [0, 0.1) is 0 Å². The molecule has 0 saturated carbocycles. The van der Waals surface area contributed by atoms with E-state index in [1.807, 2.05) is 13.0 Å². The summed E-state index contributed by atoms with van der Waals surface area (Å²) in [6.45, 7) is 9.53. The van der Waals surface area contributed by atoms with E-state index in [-0.39, 0.29) is 11.3 Å². The van der Waals surface area contributed by atoms with Gasteiger partial charge in [0.1, 0.15) is 0 Å². The number of rotatable bonds is 6. The smallest absolute Gasteiger partial charge is 0.225 e. The minimum atomic E-state index is -0.0262. The van der Waals surface area contributed by atoms with Gasteiger partial charge in [-0.25, -0.2) is 0 Å². The van der Waals surface area contributed by atoms with E-state index in [2.05, 4.69) is 36.3 Å². The van der Waals surface area contributed by atoms with Crippen LogP contribution in [0.1, 0.15) is 46.2 Å². The maximum absolute atomic E-state index is 11.6. The van der Waals surface area contributed by atoms with E-state index in [9.17, 15) is 4.79 Å². The first kappa shape index (κ1) is 14.7. The molecule has 0 aromatic carbocycles. The summed E-state index contributed by atoms with van der Waals surface area (Å²) in [6.07, 6.45) is 1.19. The molecule has 2 N–H and O–H groups in total. The highest BCUT2D eigenvalue weighted by molar-refractivity contribution is 5.89. The Kier molecular flexibility index (Phi) is 5.34. The molecule has 102 valence electrons. The first-order valence-electron chi connectivity index (χ1n) is 6.37. The van der Waals surface area contributed by atoms with E-state index in [1.165, 1.54) is 0 Å². The Morgan fingerprint density at radius 1 is 1.50 bits per heavy atom. The van der Waals surface area contributed by atoms with Gasteiger partial charge >= 0.3 is 0 Å². The van der Waals surface area contributed by atoms with Crippen molar-refractivity contribution >= 4 is 11.7 Å². The summed E-state index contributed by atoms with van der Waals surface area (Å²) in [5.74, 6) is 0.558. The number of anilines is 1. The fourth-order valence-corrected chi connectivity index (χ4v) is 1.45. The van der Waals surface area contributed by atoms with Crippen molar-refractivity contribution in [2.24, 2.45) is 0 Å². The number of amides is 1. The number of hydrogen-bond donors (Lipinski definition) is 2. The fourth-order valence-electron chi connectivity index (χ4n) is 1.45. The Labute approximate surface area is 108 Å². The number of nitrogens with one attached hydrogen (secondary N) is 2. The van der Waals surface area contributed by atoms with Gasteiger partial charge in [0.15, 0.2) is 5.82 Å². The van der Waals surface area contributed by atoms with Gasteiger partial charge in [0, 0.05) is 36.8 Å². The third-order valence-corrected chi connectivity index (χ3v) is 2.55. The Morgan fingerprint density at radius 3 is 2.78 bits per heavy atom. The van der Waals surface area contributed by atoms with E-state index in [4.69, 9.17) is 4.74 Å². The van der Waals surface area contributed by atoms with Crippen LogP contribution in [0.3, 0.4) is 0 Å². The largest absolute Gasteiger partial charge is 0.382 e. The lowest BCUT2D eigenvalue weighted by Crippen LogP contribution is -2.13. The lowest BCUT2D eigenvalue weighted by atomic mass is 9.92. The van der Waals surface area contributed by atoms with Crippen LogP contribution in [0.15, 0.2) is 6.07 Å². The highest BCUT2D eigenvalue weighted by Crippen LogP contribution is 2.21. The Morgan fingerprint density at radius 2 is 2.22 bits per heavy atom. The molecule has 0 atom stereocenters. The van der Waals surface area contributed by atoms with Crippen molar-refractivity contribution in [1.82, 2.24) is 10.2 Å². The molecule has 1 amide bonds. The molecule has 1 rings (SSSR count). The number of carbonyl (C=O) groups excluding carboxylic acids is 1. The molecule has 0 bridgehead atoms. The summed E-state index contributed by atoms with van der Waals surface area (Å²) < 4.78 is 5.18. The quantitative estimate of drug-likeness (QED) is 0.765. The molecule has 0 radical (unpaired) electrons. The minimum absolute atomic E-state index is 0.00490. The van der Waals surface area contributed by atoms with Gasteiger partial charge in [-0.2, -0.15) is 5.10 Å². The highest BCUT2D eigenvalue weighted by Gasteiger charge is 2.17. The molecule has 1 aromatic heterocycles. The van der Waals surface area contributed by atoms with E-state index in [0.29, 0.717) is 25.5 Å². The first-order chi connectivity index (χ1) is 8.43. The number of ether oxygens (including phenoxy) is 1. The molecule has 5 heteroatoms. The Hall–Kier alpha value is -1.36. The normalized spacial score (nSPS) is 11.6. The molecule has 0 aliphatic rings. The van der Waals surface area contributed by atoms with Gasteiger partial charge in [0.2, 0.25) is 5.91 Å². The minimum Gasteiger partial charge on any atom is -0.382 e. The number of carbonyl (C=O) groups is 1. The molecule has 1 heterocycles. The van der Waals surface area contributed by atoms with Crippen molar-refractivity contribution in [3.63, 3.8) is 0 Å². The fraction of sp³-hybridized carbons (Fsp3) is 0.692. The van der Waals surface area contributed by atoms with Gasteiger partial charge in [-0.3, -0.25) is 9.89 Å². The van der Waals surface area contributed by atoms with E-state index < -0.39 is 0 Å². The molecule has 18 heavy (non-hydrogen) atoms. The number of H-pyrrole nitrogens is 1. The second kappa shape index (κ2) is 6.54. The monoisotopic (exact) mass is 253 g/mol. The van der Waals surface area contributed by atoms with Crippen LogP contribution < -0.4 is 5.32 Å². The third-order valence-electron chi connectivity index (χ3n) is 2.55. The molecule has 0 aliphatic heterocycles. The van der Waals surface area contributed by atoms with Crippen LogP contribution in [0.5, 0.6) is 0 Å². The maximum atomic E-state index is 11.6. The third kappa shape index (κ3) is 4.87. The zero-order chi connectivity index (χ0) is 13.6. The van der Waals surface area contributed by atoms with E-state index in [0.717, 1.165) is 12.1 Å². The molecule has 0 aliphatic carbocycles. The maximum Gasteiger partial charge on any atom is 0.225 e. The average molecular weight is 253 g/mol. The van der Waals surface area contributed by atoms with Crippen molar-refractivity contribution in [3.8, 4) is 0 Å². The number of nitrogens with zero attached hydrogens (tertiary/aromatic N) is 1. The molecule has 0 saturated heterocycles. The Balaban J connectivity index is 2.38.